The van der Waals surface area contributed by atoms with Crippen LogP contribution < -0.4 is 4.72 Å². The van der Waals surface area contributed by atoms with Gasteiger partial charge < -0.3 is 10.1 Å². The summed E-state index contributed by atoms with van der Waals surface area (Å²) >= 11 is 1.48. The van der Waals surface area contributed by atoms with Gasteiger partial charge in [0.25, 0.3) is 0 Å². The molecule has 0 aromatic carbocycles. The standard InChI is InChI=1S/C11H12N2O4S2/c1-7(8-2-3-18-6-8)13-19(16,17)9-4-10(11(14)15)12-5-9/h2-7,12-13H,1H3,(H,14,15). The van der Waals surface area contributed by atoms with Gasteiger partial charge in [0.15, 0.2) is 0 Å². The summed E-state index contributed by atoms with van der Waals surface area (Å²) in [6.45, 7) is 1.73. The highest BCUT2D eigenvalue weighted by atomic mass is 32.2. The summed E-state index contributed by atoms with van der Waals surface area (Å²) in [6.07, 6.45) is 1.16. The van der Waals surface area contributed by atoms with E-state index in [4.69, 9.17) is 5.11 Å². The first-order valence-corrected chi connectivity index (χ1v) is 7.79. The number of thiophene rings is 1. The fraction of sp³-hybridized carbons (Fsp3) is 0.182. The molecule has 2 aromatic rings. The van der Waals surface area contributed by atoms with Gasteiger partial charge in [-0.3, -0.25) is 0 Å². The van der Waals surface area contributed by atoms with Gasteiger partial charge in [-0.15, -0.1) is 0 Å². The molecule has 0 aliphatic heterocycles. The molecule has 2 heterocycles. The van der Waals surface area contributed by atoms with Crippen LogP contribution in [0.25, 0.3) is 0 Å². The summed E-state index contributed by atoms with van der Waals surface area (Å²) in [5.74, 6) is -1.20. The van der Waals surface area contributed by atoms with Crippen LogP contribution in [-0.4, -0.2) is 24.5 Å². The number of aromatic carboxylic acids is 1. The minimum Gasteiger partial charge on any atom is -0.477 e. The number of carboxylic acids is 1. The van der Waals surface area contributed by atoms with Crippen molar-refractivity contribution in [3.8, 4) is 0 Å². The van der Waals surface area contributed by atoms with Gasteiger partial charge in [0.1, 0.15) is 10.6 Å². The largest absolute Gasteiger partial charge is 0.477 e. The number of carbonyl (C=O) groups is 1. The first-order chi connectivity index (χ1) is 8.90. The average molecular weight is 300 g/mol. The second-order valence-corrected chi connectivity index (χ2v) is 6.45. The zero-order valence-corrected chi connectivity index (χ0v) is 11.6. The van der Waals surface area contributed by atoms with E-state index in [0.717, 1.165) is 17.8 Å². The maximum atomic E-state index is 12.1. The zero-order chi connectivity index (χ0) is 14.0. The fourth-order valence-corrected chi connectivity index (χ4v) is 3.52. The molecule has 0 fully saturated rings. The fourth-order valence-electron chi connectivity index (χ4n) is 1.54. The average Bonchev–Trinajstić information content (AvgIpc) is 3.00. The summed E-state index contributed by atoms with van der Waals surface area (Å²) in [7, 11) is -3.74. The van der Waals surface area contributed by atoms with Crippen LogP contribution in [0.4, 0.5) is 0 Å². The van der Waals surface area contributed by atoms with E-state index < -0.39 is 16.0 Å². The van der Waals surface area contributed by atoms with Gasteiger partial charge in [-0.2, -0.15) is 11.3 Å². The quantitative estimate of drug-likeness (QED) is 0.784. The van der Waals surface area contributed by atoms with Crippen molar-refractivity contribution < 1.29 is 18.3 Å². The third-order valence-electron chi connectivity index (χ3n) is 2.57. The molecular weight excluding hydrogens is 288 g/mol. The number of hydrogen-bond donors (Lipinski definition) is 3. The summed E-state index contributed by atoms with van der Waals surface area (Å²) < 4.78 is 26.6. The van der Waals surface area contributed by atoms with Gasteiger partial charge in [0.2, 0.25) is 10.0 Å². The number of aromatic nitrogens is 1. The highest BCUT2D eigenvalue weighted by Gasteiger charge is 2.21. The molecule has 0 radical (unpaired) electrons. The van der Waals surface area contributed by atoms with Gasteiger partial charge in [-0.25, -0.2) is 17.9 Å². The molecule has 0 bridgehead atoms. The van der Waals surface area contributed by atoms with Crippen molar-refractivity contribution in [1.82, 2.24) is 9.71 Å². The van der Waals surface area contributed by atoms with Crippen LogP contribution in [0, 0.1) is 0 Å². The molecule has 1 unspecified atom stereocenters. The summed E-state index contributed by atoms with van der Waals surface area (Å²) in [6, 6.07) is 2.54. The molecule has 0 aliphatic rings. The van der Waals surface area contributed by atoms with E-state index in [2.05, 4.69) is 9.71 Å². The molecule has 0 aliphatic carbocycles. The zero-order valence-electron chi connectivity index (χ0n) is 9.95. The Morgan fingerprint density at radius 2 is 2.26 bits per heavy atom. The first kappa shape index (κ1) is 13.8. The van der Waals surface area contributed by atoms with Gasteiger partial charge in [-0.05, 0) is 35.4 Å². The van der Waals surface area contributed by atoms with E-state index in [0.29, 0.717) is 0 Å². The van der Waals surface area contributed by atoms with E-state index in [1.54, 1.807) is 6.92 Å². The van der Waals surface area contributed by atoms with Gasteiger partial charge >= 0.3 is 5.97 Å². The normalized spacial score (nSPS) is 13.3. The Labute approximate surface area is 114 Å². The minimum absolute atomic E-state index is 0.0908. The van der Waals surface area contributed by atoms with Crippen molar-refractivity contribution in [3.05, 3.63) is 40.3 Å². The predicted molar refractivity (Wildman–Crippen MR) is 70.8 cm³/mol. The van der Waals surface area contributed by atoms with Crippen LogP contribution in [0.15, 0.2) is 34.0 Å². The van der Waals surface area contributed by atoms with Crippen molar-refractivity contribution >= 4 is 27.3 Å². The topological polar surface area (TPSA) is 99.3 Å². The number of carboxylic acid groups (broad SMARTS) is 1. The molecule has 3 N–H and O–H groups in total. The number of hydrogen-bond acceptors (Lipinski definition) is 4. The Bertz CT molecular complexity index is 673. The lowest BCUT2D eigenvalue weighted by Gasteiger charge is -2.11. The number of rotatable bonds is 5. The maximum Gasteiger partial charge on any atom is 0.352 e. The maximum absolute atomic E-state index is 12.1. The molecule has 2 rings (SSSR count). The third kappa shape index (κ3) is 3.03. The molecule has 2 aromatic heterocycles. The highest BCUT2D eigenvalue weighted by Crippen LogP contribution is 2.19. The first-order valence-electron chi connectivity index (χ1n) is 5.36. The van der Waals surface area contributed by atoms with Gasteiger partial charge in [-0.1, -0.05) is 0 Å². The van der Waals surface area contributed by atoms with Crippen molar-refractivity contribution in [3.63, 3.8) is 0 Å². The van der Waals surface area contributed by atoms with Crippen molar-refractivity contribution in [2.24, 2.45) is 0 Å². The Morgan fingerprint density at radius 1 is 1.53 bits per heavy atom. The van der Waals surface area contributed by atoms with E-state index in [1.807, 2.05) is 16.8 Å². The molecule has 6 nitrogen and oxygen atoms in total. The lowest BCUT2D eigenvalue weighted by Crippen LogP contribution is -2.26. The molecule has 0 saturated carbocycles. The summed E-state index contributed by atoms with van der Waals surface area (Å²) in [5, 5.41) is 12.5. The molecule has 1 atom stereocenters. The molecule has 0 amide bonds. The molecular formula is C11H12N2O4S2. The highest BCUT2D eigenvalue weighted by molar-refractivity contribution is 7.89. The minimum atomic E-state index is -3.74. The van der Waals surface area contributed by atoms with Crippen molar-refractivity contribution in [1.29, 1.82) is 0 Å². The van der Waals surface area contributed by atoms with Crippen LogP contribution >= 0.6 is 11.3 Å². The Morgan fingerprint density at radius 3 is 2.79 bits per heavy atom. The van der Waals surface area contributed by atoms with E-state index in [-0.39, 0.29) is 16.6 Å². The number of H-pyrrole nitrogens is 1. The number of nitrogens with one attached hydrogen (secondary N) is 2. The SMILES string of the molecule is CC(NS(=O)(=O)c1c[nH]c(C(=O)O)c1)c1ccsc1. The second kappa shape index (κ2) is 5.16. The van der Waals surface area contributed by atoms with E-state index in [1.165, 1.54) is 11.3 Å². The molecule has 0 spiro atoms. The second-order valence-electron chi connectivity index (χ2n) is 3.95. The Balaban J connectivity index is 2.20. The molecule has 19 heavy (non-hydrogen) atoms. The van der Waals surface area contributed by atoms with Crippen molar-refractivity contribution in [2.75, 3.05) is 0 Å². The van der Waals surface area contributed by atoms with Crippen LogP contribution in [0.2, 0.25) is 0 Å². The molecule has 8 heteroatoms. The van der Waals surface area contributed by atoms with Crippen LogP contribution in [-0.2, 0) is 10.0 Å². The Kier molecular flexibility index (Phi) is 3.74. The van der Waals surface area contributed by atoms with E-state index in [9.17, 15) is 13.2 Å². The predicted octanol–water partition coefficient (Wildman–Crippen LogP) is 1.81. The number of aromatic amines is 1. The lowest BCUT2D eigenvalue weighted by atomic mass is 10.2. The van der Waals surface area contributed by atoms with Crippen LogP contribution in [0.5, 0.6) is 0 Å². The van der Waals surface area contributed by atoms with E-state index >= 15 is 0 Å². The van der Waals surface area contributed by atoms with Crippen LogP contribution in [0.1, 0.15) is 29.0 Å². The third-order valence-corrected chi connectivity index (χ3v) is 4.79. The van der Waals surface area contributed by atoms with Crippen LogP contribution in [0.3, 0.4) is 0 Å². The number of sulfonamides is 1. The van der Waals surface area contributed by atoms with Gasteiger partial charge in [0, 0.05) is 12.2 Å². The molecule has 102 valence electrons. The van der Waals surface area contributed by atoms with Crippen molar-refractivity contribution in [2.45, 2.75) is 17.9 Å². The Hall–Kier alpha value is -1.64. The lowest BCUT2D eigenvalue weighted by molar-refractivity contribution is 0.0691. The summed E-state index contributed by atoms with van der Waals surface area (Å²) in [5.41, 5.74) is 0.700. The summed E-state index contributed by atoms with van der Waals surface area (Å²) in [4.78, 5) is 13.0. The molecule has 0 saturated heterocycles. The smallest absolute Gasteiger partial charge is 0.352 e. The monoisotopic (exact) mass is 300 g/mol. The van der Waals surface area contributed by atoms with Gasteiger partial charge in [0.05, 0.1) is 0 Å².